The van der Waals surface area contributed by atoms with Crippen LogP contribution in [-0.2, 0) is 6.54 Å². The van der Waals surface area contributed by atoms with Gasteiger partial charge >= 0.3 is 5.69 Å². The zero-order valence-electron chi connectivity index (χ0n) is 13.1. The van der Waals surface area contributed by atoms with Gasteiger partial charge in [-0.15, -0.1) is 0 Å². The lowest BCUT2D eigenvalue weighted by Gasteiger charge is -2.09. The topological polar surface area (TPSA) is 119 Å². The lowest BCUT2D eigenvalue weighted by atomic mass is 10.2. The third-order valence-corrected chi connectivity index (χ3v) is 3.25. The van der Waals surface area contributed by atoms with Crippen LogP contribution in [0, 0.1) is 22.9 Å². The highest BCUT2D eigenvalue weighted by atomic mass is 19.1. The van der Waals surface area contributed by atoms with E-state index in [-0.39, 0.29) is 29.7 Å². The smallest absolute Gasteiger partial charge is 0.353 e. The molecule has 2 heterocycles. The van der Waals surface area contributed by atoms with E-state index in [1.165, 1.54) is 18.5 Å². The number of nitrogens with zero attached hydrogens (tertiary/aromatic N) is 4. The van der Waals surface area contributed by atoms with Gasteiger partial charge in [0.2, 0.25) is 11.6 Å². The first-order chi connectivity index (χ1) is 12.0. The van der Waals surface area contributed by atoms with Gasteiger partial charge in [-0.3, -0.25) is 10.1 Å². The van der Waals surface area contributed by atoms with E-state index < -0.39 is 4.92 Å². The molecule has 2 aromatic heterocycles. The molecule has 0 radical (unpaired) electrons. The molecule has 128 valence electrons. The van der Waals surface area contributed by atoms with Crippen molar-refractivity contribution in [2.24, 2.45) is 0 Å². The van der Waals surface area contributed by atoms with E-state index in [9.17, 15) is 14.5 Å². The molecule has 0 spiro atoms. The normalized spacial score (nSPS) is 10.5. The van der Waals surface area contributed by atoms with Crippen molar-refractivity contribution < 1.29 is 13.8 Å². The summed E-state index contributed by atoms with van der Waals surface area (Å²) >= 11 is 0. The summed E-state index contributed by atoms with van der Waals surface area (Å²) in [5.41, 5.74) is 0.418. The van der Waals surface area contributed by atoms with Crippen LogP contribution in [0.4, 0.5) is 27.5 Å². The van der Waals surface area contributed by atoms with Crippen molar-refractivity contribution in [3.8, 4) is 0 Å². The molecule has 0 aliphatic rings. The van der Waals surface area contributed by atoms with Crippen molar-refractivity contribution in [2.45, 2.75) is 13.5 Å². The Morgan fingerprint density at radius 1 is 1.24 bits per heavy atom. The quantitative estimate of drug-likeness (QED) is 0.517. The molecule has 2 N–H and O–H groups in total. The van der Waals surface area contributed by atoms with Gasteiger partial charge in [-0.25, -0.2) is 14.4 Å². The van der Waals surface area contributed by atoms with Crippen molar-refractivity contribution in [1.82, 2.24) is 15.1 Å². The summed E-state index contributed by atoms with van der Waals surface area (Å²) in [6.45, 7) is 1.93. The Labute approximate surface area is 141 Å². The van der Waals surface area contributed by atoms with E-state index in [4.69, 9.17) is 4.52 Å². The van der Waals surface area contributed by atoms with Crippen LogP contribution >= 0.6 is 0 Å². The lowest BCUT2D eigenvalue weighted by Crippen LogP contribution is -2.08. The summed E-state index contributed by atoms with van der Waals surface area (Å²) in [5, 5.41) is 20.8. The molecule has 0 aliphatic heterocycles. The van der Waals surface area contributed by atoms with Gasteiger partial charge in [-0.05, 0) is 24.6 Å². The first kappa shape index (κ1) is 16.3. The number of hydrogen-bond donors (Lipinski definition) is 2. The van der Waals surface area contributed by atoms with Crippen molar-refractivity contribution in [3.05, 3.63) is 63.9 Å². The predicted octanol–water partition coefficient (Wildman–Crippen LogP) is 3.18. The molecule has 10 heteroatoms. The van der Waals surface area contributed by atoms with Gasteiger partial charge in [0.25, 0.3) is 0 Å². The van der Waals surface area contributed by atoms with Gasteiger partial charge in [-0.1, -0.05) is 17.3 Å². The Balaban J connectivity index is 1.84. The number of nitrogens with one attached hydrogen (secondary N) is 2. The maximum Gasteiger partial charge on any atom is 0.353 e. The molecule has 0 fully saturated rings. The molecule has 3 rings (SSSR count). The first-order valence-electron chi connectivity index (χ1n) is 7.21. The Kier molecular flexibility index (Phi) is 4.50. The highest BCUT2D eigenvalue weighted by Gasteiger charge is 2.23. The molecule has 3 aromatic rings. The molecule has 0 unspecified atom stereocenters. The summed E-state index contributed by atoms with van der Waals surface area (Å²) in [6.07, 6.45) is 1.19. The van der Waals surface area contributed by atoms with Crippen LogP contribution in [0.15, 0.2) is 41.2 Å². The van der Waals surface area contributed by atoms with E-state index in [2.05, 4.69) is 25.8 Å². The van der Waals surface area contributed by atoms with Gasteiger partial charge < -0.3 is 15.2 Å². The average Bonchev–Trinajstić information content (AvgIpc) is 2.99. The molecule has 9 nitrogen and oxygen atoms in total. The maximum atomic E-state index is 12.9. The highest BCUT2D eigenvalue weighted by Crippen LogP contribution is 2.31. The number of anilines is 3. The fourth-order valence-corrected chi connectivity index (χ4v) is 2.11. The summed E-state index contributed by atoms with van der Waals surface area (Å²) in [4.78, 5) is 18.7. The fourth-order valence-electron chi connectivity index (χ4n) is 2.11. The molecule has 0 bridgehead atoms. The van der Waals surface area contributed by atoms with Crippen LogP contribution in [0.1, 0.15) is 11.3 Å². The zero-order valence-corrected chi connectivity index (χ0v) is 13.1. The Bertz CT molecular complexity index is 897. The second-order valence-electron chi connectivity index (χ2n) is 5.10. The molecule has 0 saturated heterocycles. The van der Waals surface area contributed by atoms with Crippen molar-refractivity contribution in [1.29, 1.82) is 0 Å². The van der Waals surface area contributed by atoms with Gasteiger partial charge in [-0.2, -0.15) is 0 Å². The van der Waals surface area contributed by atoms with E-state index in [1.807, 2.05) is 0 Å². The standard InChI is InChI=1S/C15H13FN6O3/c1-9-6-12(21-25-9)20-15-13(22(23)24)14(18-8-19-15)17-7-10-2-4-11(16)5-3-10/h2-6,8H,7H2,1H3,(H2,17,18,19,20,21). The molecule has 0 atom stereocenters. The highest BCUT2D eigenvalue weighted by molar-refractivity contribution is 5.72. The van der Waals surface area contributed by atoms with E-state index in [0.717, 1.165) is 5.56 Å². The second-order valence-corrected chi connectivity index (χ2v) is 5.10. The second kappa shape index (κ2) is 6.91. The summed E-state index contributed by atoms with van der Waals surface area (Å²) in [5.74, 6) is 0.505. The number of hydrogen-bond acceptors (Lipinski definition) is 8. The average molecular weight is 344 g/mol. The monoisotopic (exact) mass is 344 g/mol. The molecule has 0 aliphatic carbocycles. The maximum absolute atomic E-state index is 12.9. The summed E-state index contributed by atoms with van der Waals surface area (Å²) < 4.78 is 17.8. The largest absolute Gasteiger partial charge is 0.360 e. The Hall–Kier alpha value is -3.56. The first-order valence-corrected chi connectivity index (χ1v) is 7.21. The van der Waals surface area contributed by atoms with E-state index in [1.54, 1.807) is 25.1 Å². The number of aromatic nitrogens is 3. The van der Waals surface area contributed by atoms with Crippen molar-refractivity contribution in [3.63, 3.8) is 0 Å². The predicted molar refractivity (Wildman–Crippen MR) is 86.9 cm³/mol. The van der Waals surface area contributed by atoms with Crippen LogP contribution in [0.5, 0.6) is 0 Å². The van der Waals surface area contributed by atoms with Gasteiger partial charge in [0.05, 0.1) is 4.92 Å². The van der Waals surface area contributed by atoms with Crippen LogP contribution in [0.2, 0.25) is 0 Å². The lowest BCUT2D eigenvalue weighted by molar-refractivity contribution is -0.383. The minimum atomic E-state index is -0.595. The van der Waals surface area contributed by atoms with Crippen LogP contribution in [-0.4, -0.2) is 20.0 Å². The Morgan fingerprint density at radius 2 is 1.96 bits per heavy atom. The van der Waals surface area contributed by atoms with Crippen molar-refractivity contribution >= 4 is 23.1 Å². The number of aryl methyl sites for hydroxylation is 1. The van der Waals surface area contributed by atoms with Gasteiger partial charge in [0.15, 0.2) is 5.82 Å². The number of benzene rings is 1. The summed E-state index contributed by atoms with van der Waals surface area (Å²) in [6, 6.07) is 7.35. The third-order valence-electron chi connectivity index (χ3n) is 3.25. The zero-order chi connectivity index (χ0) is 17.8. The minimum Gasteiger partial charge on any atom is -0.360 e. The van der Waals surface area contributed by atoms with Crippen LogP contribution in [0.3, 0.4) is 0 Å². The van der Waals surface area contributed by atoms with Gasteiger partial charge in [0, 0.05) is 12.6 Å². The number of nitro groups is 1. The molecule has 0 amide bonds. The molecular weight excluding hydrogens is 331 g/mol. The van der Waals surface area contributed by atoms with Crippen molar-refractivity contribution in [2.75, 3.05) is 10.6 Å². The molecule has 0 saturated carbocycles. The third kappa shape index (κ3) is 3.86. The van der Waals surface area contributed by atoms with Crippen LogP contribution < -0.4 is 10.6 Å². The number of rotatable bonds is 6. The Morgan fingerprint density at radius 3 is 2.60 bits per heavy atom. The molecule has 25 heavy (non-hydrogen) atoms. The van der Waals surface area contributed by atoms with E-state index >= 15 is 0 Å². The van der Waals surface area contributed by atoms with E-state index in [0.29, 0.717) is 11.6 Å². The summed E-state index contributed by atoms with van der Waals surface area (Å²) in [7, 11) is 0. The van der Waals surface area contributed by atoms with Crippen LogP contribution in [0.25, 0.3) is 0 Å². The fraction of sp³-hybridized carbons (Fsp3) is 0.133. The minimum absolute atomic E-state index is 0.0186. The SMILES string of the molecule is Cc1cc(Nc2ncnc(NCc3ccc(F)cc3)c2[N+](=O)[O-])no1. The van der Waals surface area contributed by atoms with Gasteiger partial charge in [0.1, 0.15) is 17.9 Å². The number of halogens is 1. The molecular formula is C15H13FN6O3. The molecule has 1 aromatic carbocycles.